The van der Waals surface area contributed by atoms with Crippen molar-refractivity contribution in [3.8, 4) is 11.5 Å². The Morgan fingerprint density at radius 1 is 0.806 bits per heavy atom. The van der Waals surface area contributed by atoms with Crippen LogP contribution in [-0.2, 0) is 10.2 Å². The molecule has 0 fully saturated rings. The summed E-state index contributed by atoms with van der Waals surface area (Å²) in [6.07, 6.45) is 0. The third-order valence-corrected chi connectivity index (χ3v) is 7.34. The maximum atomic E-state index is 14.9. The minimum atomic E-state index is -1.13. The van der Waals surface area contributed by atoms with E-state index in [4.69, 9.17) is 10.5 Å². The van der Waals surface area contributed by atoms with Crippen LogP contribution in [0.2, 0.25) is 0 Å². The van der Waals surface area contributed by atoms with E-state index in [1.165, 1.54) is 0 Å². The van der Waals surface area contributed by atoms with Crippen LogP contribution in [-0.4, -0.2) is 18.1 Å². The Hall–Kier alpha value is -4.25. The van der Waals surface area contributed by atoms with Crippen molar-refractivity contribution in [3.05, 3.63) is 112 Å². The lowest BCUT2D eigenvalue weighted by Crippen LogP contribution is -2.40. The number of benzene rings is 4. The van der Waals surface area contributed by atoms with Gasteiger partial charge in [-0.15, -0.1) is 0 Å². The Morgan fingerprint density at radius 3 is 2.00 bits per heavy atom. The molecule has 182 valence electrons. The number of hydrogen-bond acceptors (Lipinski definition) is 4. The second-order valence-electron chi connectivity index (χ2n) is 9.59. The van der Waals surface area contributed by atoms with Crippen LogP contribution in [0.3, 0.4) is 0 Å². The zero-order valence-electron chi connectivity index (χ0n) is 21.2. The lowest BCUT2D eigenvalue weighted by atomic mass is 9.69. The van der Waals surface area contributed by atoms with Crippen molar-refractivity contribution in [2.24, 2.45) is 0 Å². The molecule has 4 aromatic carbocycles. The Kier molecular flexibility index (Phi) is 5.51. The fourth-order valence-electron chi connectivity index (χ4n) is 5.47. The largest absolute Gasteiger partial charge is 0.507 e. The highest BCUT2D eigenvalue weighted by atomic mass is 16.5. The number of ether oxygens (including phenoxy) is 1. The maximum Gasteiger partial charge on any atom is 0.251 e. The topological polar surface area (TPSA) is 75.8 Å². The number of para-hydroxylation sites is 1. The number of carbonyl (C=O) groups is 1. The van der Waals surface area contributed by atoms with E-state index >= 15 is 0 Å². The van der Waals surface area contributed by atoms with E-state index in [1.54, 1.807) is 12.0 Å². The molecule has 0 aliphatic carbocycles. The van der Waals surface area contributed by atoms with Crippen molar-refractivity contribution >= 4 is 23.0 Å². The van der Waals surface area contributed by atoms with E-state index in [1.807, 2.05) is 100 Å². The zero-order chi connectivity index (χ0) is 25.8. The highest BCUT2D eigenvalue weighted by Crippen LogP contribution is 2.54. The summed E-state index contributed by atoms with van der Waals surface area (Å²) in [4.78, 5) is 16.7. The Balaban J connectivity index is 1.91. The molecule has 0 saturated heterocycles. The minimum absolute atomic E-state index is 0.0926. The van der Waals surface area contributed by atoms with Gasteiger partial charge in [-0.2, -0.15) is 0 Å². The molecule has 1 heterocycles. The number of nitrogens with zero attached hydrogens (tertiary/aromatic N) is 1. The number of amides is 1. The summed E-state index contributed by atoms with van der Waals surface area (Å²) in [5, 5.41) is 10.6. The van der Waals surface area contributed by atoms with E-state index in [9.17, 15) is 9.90 Å². The summed E-state index contributed by atoms with van der Waals surface area (Å²) in [5.41, 5.74) is 13.3. The normalized spacial score (nSPS) is 16.8. The fraction of sp³-hybridized carbons (Fsp3) is 0.194. The summed E-state index contributed by atoms with van der Waals surface area (Å²) in [5.74, 6) is 0.817. The number of aryl methyl sites for hydroxylation is 4. The van der Waals surface area contributed by atoms with Gasteiger partial charge in [-0.05, 0) is 79.3 Å². The van der Waals surface area contributed by atoms with Gasteiger partial charge in [0.1, 0.15) is 16.9 Å². The molecule has 5 heteroatoms. The summed E-state index contributed by atoms with van der Waals surface area (Å²) < 4.78 is 5.47. The smallest absolute Gasteiger partial charge is 0.251 e. The first-order valence-electron chi connectivity index (χ1n) is 12.0. The first-order valence-corrected chi connectivity index (χ1v) is 12.0. The molecule has 1 aliphatic heterocycles. The van der Waals surface area contributed by atoms with Crippen molar-refractivity contribution in [1.82, 2.24) is 0 Å². The van der Waals surface area contributed by atoms with Crippen LogP contribution in [0.25, 0.3) is 0 Å². The van der Waals surface area contributed by atoms with Gasteiger partial charge in [-0.1, -0.05) is 48.5 Å². The second-order valence-corrected chi connectivity index (χ2v) is 9.59. The van der Waals surface area contributed by atoms with Crippen molar-refractivity contribution in [3.63, 3.8) is 0 Å². The first-order chi connectivity index (χ1) is 17.2. The van der Waals surface area contributed by atoms with Crippen LogP contribution in [0.15, 0.2) is 72.8 Å². The minimum Gasteiger partial charge on any atom is -0.507 e. The molecular weight excluding hydrogens is 448 g/mol. The number of carbonyl (C=O) groups excluding carboxylic acids is 1. The van der Waals surface area contributed by atoms with Gasteiger partial charge in [0.05, 0.1) is 18.5 Å². The van der Waals surface area contributed by atoms with Crippen LogP contribution >= 0.6 is 0 Å². The number of nitrogens with two attached hydrogens (primary N) is 1. The molecule has 0 aromatic heterocycles. The number of methoxy groups -OCH3 is 1. The van der Waals surface area contributed by atoms with Gasteiger partial charge in [0.2, 0.25) is 0 Å². The number of aromatic hydroxyl groups is 1. The predicted molar refractivity (Wildman–Crippen MR) is 144 cm³/mol. The molecular formula is C31H30N2O3. The number of phenols is 1. The van der Waals surface area contributed by atoms with Gasteiger partial charge in [0, 0.05) is 17.3 Å². The highest BCUT2D eigenvalue weighted by molar-refractivity contribution is 6.17. The van der Waals surface area contributed by atoms with Crippen molar-refractivity contribution in [2.75, 3.05) is 17.7 Å². The van der Waals surface area contributed by atoms with E-state index in [-0.39, 0.29) is 11.7 Å². The molecule has 0 bridgehead atoms. The van der Waals surface area contributed by atoms with Gasteiger partial charge < -0.3 is 15.6 Å². The van der Waals surface area contributed by atoms with E-state index in [0.29, 0.717) is 5.75 Å². The molecule has 1 unspecified atom stereocenters. The third-order valence-electron chi connectivity index (χ3n) is 7.34. The number of phenolic OH excluding ortho intramolecular Hbond substituents is 1. The average molecular weight is 479 g/mol. The van der Waals surface area contributed by atoms with Gasteiger partial charge in [0.25, 0.3) is 5.91 Å². The molecule has 5 nitrogen and oxygen atoms in total. The van der Waals surface area contributed by atoms with E-state index in [2.05, 4.69) is 0 Å². The zero-order valence-corrected chi connectivity index (χ0v) is 21.2. The predicted octanol–water partition coefficient (Wildman–Crippen LogP) is 6.23. The lowest BCUT2D eigenvalue weighted by Gasteiger charge is -2.32. The van der Waals surface area contributed by atoms with Gasteiger partial charge >= 0.3 is 0 Å². The third kappa shape index (κ3) is 3.27. The fourth-order valence-corrected chi connectivity index (χ4v) is 5.47. The monoisotopic (exact) mass is 478 g/mol. The quantitative estimate of drug-likeness (QED) is 0.341. The second kappa shape index (κ2) is 8.45. The average Bonchev–Trinajstić information content (AvgIpc) is 3.14. The summed E-state index contributed by atoms with van der Waals surface area (Å²) in [6.45, 7) is 7.67. The Bertz CT molecular complexity index is 1420. The van der Waals surface area contributed by atoms with Crippen molar-refractivity contribution in [2.45, 2.75) is 33.1 Å². The molecule has 4 aromatic rings. The van der Waals surface area contributed by atoms with Gasteiger partial charge in [-0.3, -0.25) is 9.69 Å². The number of rotatable bonds is 4. The van der Waals surface area contributed by atoms with Crippen LogP contribution in [0.5, 0.6) is 11.5 Å². The van der Waals surface area contributed by atoms with E-state index < -0.39 is 5.41 Å². The molecule has 3 N–H and O–H groups in total. The molecule has 36 heavy (non-hydrogen) atoms. The van der Waals surface area contributed by atoms with Crippen molar-refractivity contribution < 1.29 is 14.6 Å². The molecule has 1 amide bonds. The summed E-state index contributed by atoms with van der Waals surface area (Å²) in [6, 6.07) is 23.3. The highest BCUT2D eigenvalue weighted by Gasteiger charge is 2.54. The maximum absolute atomic E-state index is 14.9. The van der Waals surface area contributed by atoms with Crippen LogP contribution in [0.4, 0.5) is 17.1 Å². The summed E-state index contributed by atoms with van der Waals surface area (Å²) >= 11 is 0. The van der Waals surface area contributed by atoms with Gasteiger partial charge in [0.15, 0.2) is 0 Å². The molecule has 0 saturated carbocycles. The first kappa shape index (κ1) is 23.5. The van der Waals surface area contributed by atoms with Crippen LogP contribution < -0.4 is 15.4 Å². The molecule has 5 rings (SSSR count). The molecule has 1 aliphatic rings. The molecule has 1 atom stereocenters. The number of anilines is 3. The Morgan fingerprint density at radius 2 is 1.39 bits per heavy atom. The number of nitrogen functional groups attached to an aromatic ring is 1. The molecule has 0 radical (unpaired) electrons. The van der Waals surface area contributed by atoms with Crippen LogP contribution in [0.1, 0.15) is 38.9 Å². The summed E-state index contributed by atoms with van der Waals surface area (Å²) in [7, 11) is 1.62. The van der Waals surface area contributed by atoms with Crippen LogP contribution in [0, 0.1) is 27.7 Å². The molecule has 0 spiro atoms. The SMILES string of the molecule is COc1cccc(N2C(=O)C(c3cc(C)c(N)c(C)c3)(c3cc(C)c(O)c(C)c3)c3ccccc32)c1. The Labute approximate surface area is 211 Å². The van der Waals surface area contributed by atoms with Gasteiger partial charge in [-0.25, -0.2) is 0 Å². The van der Waals surface area contributed by atoms with Crippen molar-refractivity contribution in [1.29, 1.82) is 0 Å². The van der Waals surface area contributed by atoms with E-state index in [0.717, 1.165) is 56.0 Å². The standard InChI is InChI=1S/C31H30N2O3/c1-18-13-22(14-19(2)28(18)32)31(23-15-20(3)29(34)21(4)16-23)26-11-6-7-12-27(26)33(30(31)35)24-9-8-10-25(17-24)36-5/h6-17,34H,32H2,1-5H3. The number of fused-ring (bicyclic) bond motifs is 1. The number of hydrogen-bond donors (Lipinski definition) is 2. The lowest BCUT2D eigenvalue weighted by molar-refractivity contribution is -0.120.